The molecule has 1 N–H and O–H groups in total. The lowest BCUT2D eigenvalue weighted by Crippen LogP contribution is -2.15. The first-order valence-electron chi connectivity index (χ1n) is 4.71. The Morgan fingerprint density at radius 3 is 2.86 bits per heavy atom. The third-order valence-corrected chi connectivity index (χ3v) is 1.74. The van der Waals surface area contributed by atoms with Gasteiger partial charge in [-0.3, -0.25) is 9.97 Å². The Kier molecular flexibility index (Phi) is 4.66. The highest BCUT2D eigenvalue weighted by Gasteiger charge is 1.93. The Morgan fingerprint density at radius 2 is 2.21 bits per heavy atom. The van der Waals surface area contributed by atoms with Gasteiger partial charge in [-0.15, -0.1) is 11.8 Å². The standard InChI is InChI=1S/C11H15N3/c1-3-4-5-6-12-8-11-9-13-10(2)7-14-11/h7,9,12H,5-6,8H2,1-2H3. The lowest BCUT2D eigenvalue weighted by Gasteiger charge is -2.01. The second-order valence-electron chi connectivity index (χ2n) is 3.00. The Morgan fingerprint density at radius 1 is 1.36 bits per heavy atom. The average Bonchev–Trinajstić information content (AvgIpc) is 2.21. The quantitative estimate of drug-likeness (QED) is 0.573. The largest absolute Gasteiger partial charge is 0.310 e. The third-order valence-electron chi connectivity index (χ3n) is 1.74. The Labute approximate surface area is 85.0 Å². The first-order chi connectivity index (χ1) is 6.83. The molecule has 0 saturated heterocycles. The predicted molar refractivity (Wildman–Crippen MR) is 56.5 cm³/mol. The first kappa shape index (κ1) is 10.7. The minimum absolute atomic E-state index is 0.763. The van der Waals surface area contributed by atoms with E-state index in [1.807, 2.05) is 13.8 Å². The lowest BCUT2D eigenvalue weighted by atomic mass is 10.4. The van der Waals surface area contributed by atoms with Gasteiger partial charge in [0, 0.05) is 31.9 Å². The summed E-state index contributed by atoms with van der Waals surface area (Å²) in [5.74, 6) is 5.85. The zero-order chi connectivity index (χ0) is 10.2. The van der Waals surface area contributed by atoms with Gasteiger partial charge < -0.3 is 5.32 Å². The number of rotatable bonds is 4. The SMILES string of the molecule is CC#CCCNCc1cnc(C)cn1. The van der Waals surface area contributed by atoms with E-state index in [1.165, 1.54) is 0 Å². The van der Waals surface area contributed by atoms with Crippen molar-refractivity contribution >= 4 is 0 Å². The van der Waals surface area contributed by atoms with Crippen LogP contribution in [0.2, 0.25) is 0 Å². The van der Waals surface area contributed by atoms with Crippen LogP contribution in [0, 0.1) is 18.8 Å². The minimum Gasteiger partial charge on any atom is -0.310 e. The molecule has 0 saturated carbocycles. The predicted octanol–water partition coefficient (Wildman–Crippen LogP) is 1.29. The van der Waals surface area contributed by atoms with E-state index < -0.39 is 0 Å². The molecule has 0 unspecified atom stereocenters. The van der Waals surface area contributed by atoms with Gasteiger partial charge in [-0.1, -0.05) is 0 Å². The van der Waals surface area contributed by atoms with Crippen LogP contribution >= 0.6 is 0 Å². The molecule has 0 fully saturated rings. The van der Waals surface area contributed by atoms with Crippen molar-refractivity contribution in [1.29, 1.82) is 0 Å². The van der Waals surface area contributed by atoms with E-state index in [-0.39, 0.29) is 0 Å². The van der Waals surface area contributed by atoms with Crippen molar-refractivity contribution in [2.75, 3.05) is 6.54 Å². The highest BCUT2D eigenvalue weighted by Crippen LogP contribution is 1.92. The summed E-state index contributed by atoms with van der Waals surface area (Å²) in [4.78, 5) is 8.40. The average molecular weight is 189 g/mol. The number of aryl methyl sites for hydroxylation is 1. The maximum absolute atomic E-state index is 4.24. The molecule has 1 heterocycles. The number of nitrogens with one attached hydrogen (secondary N) is 1. The van der Waals surface area contributed by atoms with Gasteiger partial charge in [0.15, 0.2) is 0 Å². The fourth-order valence-electron chi connectivity index (χ4n) is 1.00. The Balaban J connectivity index is 2.23. The van der Waals surface area contributed by atoms with E-state index in [2.05, 4.69) is 27.1 Å². The molecular weight excluding hydrogens is 174 g/mol. The zero-order valence-corrected chi connectivity index (χ0v) is 8.67. The number of hydrogen-bond acceptors (Lipinski definition) is 3. The smallest absolute Gasteiger partial charge is 0.0724 e. The van der Waals surface area contributed by atoms with Gasteiger partial charge in [-0.25, -0.2) is 0 Å². The van der Waals surface area contributed by atoms with Crippen LogP contribution in [0.3, 0.4) is 0 Å². The van der Waals surface area contributed by atoms with Crippen molar-refractivity contribution in [1.82, 2.24) is 15.3 Å². The van der Waals surface area contributed by atoms with Crippen LogP contribution in [-0.2, 0) is 6.54 Å². The van der Waals surface area contributed by atoms with Gasteiger partial charge in [0.2, 0.25) is 0 Å². The van der Waals surface area contributed by atoms with Crippen molar-refractivity contribution in [2.24, 2.45) is 0 Å². The fourth-order valence-corrected chi connectivity index (χ4v) is 1.00. The van der Waals surface area contributed by atoms with Crippen molar-refractivity contribution in [3.63, 3.8) is 0 Å². The van der Waals surface area contributed by atoms with Gasteiger partial charge in [-0.05, 0) is 13.8 Å². The summed E-state index contributed by atoms with van der Waals surface area (Å²) < 4.78 is 0. The maximum atomic E-state index is 4.24. The van der Waals surface area contributed by atoms with Crippen LogP contribution in [0.25, 0.3) is 0 Å². The molecule has 0 aliphatic carbocycles. The van der Waals surface area contributed by atoms with Crippen molar-refractivity contribution in [2.45, 2.75) is 26.8 Å². The van der Waals surface area contributed by atoms with Crippen molar-refractivity contribution in [3.8, 4) is 11.8 Å². The van der Waals surface area contributed by atoms with E-state index in [4.69, 9.17) is 0 Å². The summed E-state index contributed by atoms with van der Waals surface area (Å²) in [6.45, 7) is 5.45. The zero-order valence-electron chi connectivity index (χ0n) is 8.67. The van der Waals surface area contributed by atoms with Gasteiger partial charge in [-0.2, -0.15) is 0 Å². The molecule has 0 radical (unpaired) electrons. The second kappa shape index (κ2) is 6.11. The van der Waals surface area contributed by atoms with E-state index in [1.54, 1.807) is 12.4 Å². The fraction of sp³-hybridized carbons (Fsp3) is 0.455. The summed E-state index contributed by atoms with van der Waals surface area (Å²) in [6, 6.07) is 0. The summed E-state index contributed by atoms with van der Waals surface area (Å²) in [5.41, 5.74) is 1.92. The van der Waals surface area contributed by atoms with Crippen molar-refractivity contribution in [3.05, 3.63) is 23.8 Å². The second-order valence-corrected chi connectivity index (χ2v) is 3.00. The minimum atomic E-state index is 0.763. The summed E-state index contributed by atoms with van der Waals surface area (Å²) in [7, 11) is 0. The molecule has 14 heavy (non-hydrogen) atoms. The molecule has 0 bridgehead atoms. The molecule has 0 atom stereocenters. The van der Waals surface area contributed by atoms with Crippen LogP contribution in [-0.4, -0.2) is 16.5 Å². The summed E-state index contributed by atoms with van der Waals surface area (Å²) >= 11 is 0. The van der Waals surface area contributed by atoms with E-state index >= 15 is 0 Å². The highest BCUT2D eigenvalue weighted by molar-refractivity contribution is 5.00. The molecule has 1 rings (SSSR count). The molecule has 74 valence electrons. The molecule has 0 aliphatic heterocycles. The van der Waals surface area contributed by atoms with Crippen LogP contribution in [0.15, 0.2) is 12.4 Å². The van der Waals surface area contributed by atoms with Crippen molar-refractivity contribution < 1.29 is 0 Å². The number of hydrogen-bond donors (Lipinski definition) is 1. The monoisotopic (exact) mass is 189 g/mol. The van der Waals surface area contributed by atoms with Crippen LogP contribution in [0.1, 0.15) is 24.7 Å². The Hall–Kier alpha value is -1.40. The molecule has 0 aromatic carbocycles. The molecule has 0 spiro atoms. The van der Waals surface area contributed by atoms with Crippen LogP contribution in [0.4, 0.5) is 0 Å². The van der Waals surface area contributed by atoms with Crippen LogP contribution in [0.5, 0.6) is 0 Å². The molecule has 1 aromatic rings. The van der Waals surface area contributed by atoms with E-state index in [0.29, 0.717) is 0 Å². The Bertz CT molecular complexity index is 319. The maximum Gasteiger partial charge on any atom is 0.0724 e. The third kappa shape index (κ3) is 4.01. The van der Waals surface area contributed by atoms with Gasteiger partial charge in [0.1, 0.15) is 0 Å². The number of aromatic nitrogens is 2. The summed E-state index contributed by atoms with van der Waals surface area (Å²) in [5, 5.41) is 3.25. The van der Waals surface area contributed by atoms with E-state index in [0.717, 1.165) is 30.9 Å². The molecule has 3 heteroatoms. The van der Waals surface area contributed by atoms with Gasteiger partial charge in [0.05, 0.1) is 11.4 Å². The molecular formula is C11H15N3. The molecule has 0 aliphatic rings. The number of nitrogens with zero attached hydrogens (tertiary/aromatic N) is 2. The summed E-state index contributed by atoms with van der Waals surface area (Å²) in [6.07, 6.45) is 4.46. The molecule has 3 nitrogen and oxygen atoms in total. The first-order valence-corrected chi connectivity index (χ1v) is 4.71. The van der Waals surface area contributed by atoms with Gasteiger partial charge >= 0.3 is 0 Å². The van der Waals surface area contributed by atoms with Gasteiger partial charge in [0.25, 0.3) is 0 Å². The van der Waals surface area contributed by atoms with E-state index in [9.17, 15) is 0 Å². The normalized spacial score (nSPS) is 9.29. The molecule has 0 amide bonds. The molecule has 1 aromatic heterocycles. The highest BCUT2D eigenvalue weighted by atomic mass is 14.9. The van der Waals surface area contributed by atoms with Crippen LogP contribution < -0.4 is 5.32 Å². The lowest BCUT2D eigenvalue weighted by molar-refractivity contribution is 0.684. The topological polar surface area (TPSA) is 37.8 Å².